The molecule has 3 heterocycles. The number of aromatic nitrogens is 5. The van der Waals surface area contributed by atoms with Gasteiger partial charge in [0.25, 0.3) is 0 Å². The van der Waals surface area contributed by atoms with Gasteiger partial charge in [-0.2, -0.15) is 0 Å². The quantitative estimate of drug-likeness (QED) is 0.184. The summed E-state index contributed by atoms with van der Waals surface area (Å²) < 4.78 is 7.10. The van der Waals surface area contributed by atoms with Gasteiger partial charge in [0.05, 0.1) is 17.8 Å². The van der Waals surface area contributed by atoms with Gasteiger partial charge in [-0.3, -0.25) is 19.3 Å². The van der Waals surface area contributed by atoms with E-state index in [9.17, 15) is 9.59 Å². The zero-order chi connectivity index (χ0) is 25.0. The highest BCUT2D eigenvalue weighted by atomic mass is 35.5. The maximum atomic E-state index is 12.9. The lowest BCUT2D eigenvalue weighted by Crippen LogP contribution is -2.64. The maximum absolute atomic E-state index is 12.9. The van der Waals surface area contributed by atoms with Crippen molar-refractivity contribution in [3.63, 3.8) is 0 Å². The molecule has 0 unspecified atom stereocenters. The second kappa shape index (κ2) is 8.68. The largest absolute Gasteiger partial charge is 0.457 e. The van der Waals surface area contributed by atoms with Gasteiger partial charge in [-0.05, 0) is 56.7 Å². The van der Waals surface area contributed by atoms with Crippen LogP contribution < -0.4 is 0 Å². The van der Waals surface area contributed by atoms with Crippen LogP contribution >= 0.6 is 23.2 Å². The third kappa shape index (κ3) is 4.45. The fraction of sp³-hybridized carbons (Fsp3) is 0.440. The molecule has 0 saturated heterocycles. The van der Waals surface area contributed by atoms with Crippen LogP contribution in [0.2, 0.25) is 5.15 Å². The first kappa shape index (κ1) is 23.9. The van der Waals surface area contributed by atoms with Gasteiger partial charge in [-0.25, -0.2) is 4.98 Å². The van der Waals surface area contributed by atoms with Gasteiger partial charge < -0.3 is 4.74 Å². The number of esters is 1. The van der Waals surface area contributed by atoms with Crippen LogP contribution in [-0.2, 0) is 23.0 Å². The number of Topliss-reactive ketones (excluding diaryl/α,β-unsaturated/α-hetero) is 1. The van der Waals surface area contributed by atoms with Gasteiger partial charge in [0.15, 0.2) is 5.78 Å². The van der Waals surface area contributed by atoms with Gasteiger partial charge in [0.2, 0.25) is 0 Å². The van der Waals surface area contributed by atoms with Crippen molar-refractivity contribution in [3.8, 4) is 11.4 Å². The van der Waals surface area contributed by atoms with E-state index in [4.69, 9.17) is 27.9 Å². The number of nitrogens with zero attached hydrogens (tertiary/aromatic N) is 5. The Labute approximate surface area is 213 Å². The van der Waals surface area contributed by atoms with Gasteiger partial charge in [0, 0.05) is 41.4 Å². The summed E-state index contributed by atoms with van der Waals surface area (Å²) in [6, 6.07) is 7.04. The monoisotopic (exact) mass is 513 g/mol. The zero-order valence-electron chi connectivity index (χ0n) is 19.7. The number of hydrogen-bond donors (Lipinski definition) is 0. The molecule has 0 aromatic carbocycles. The van der Waals surface area contributed by atoms with E-state index in [1.807, 2.05) is 6.92 Å². The number of aryl methyl sites for hydroxylation is 2. The van der Waals surface area contributed by atoms with Crippen molar-refractivity contribution in [1.82, 2.24) is 25.0 Å². The second-order valence-corrected chi connectivity index (χ2v) is 11.0. The molecule has 3 fully saturated rings. The SMILES string of the molecule is Cc1nc(-c2nnn(C)c2CC(=O)O[C@H](C)c2cccnc2Cl)ccc1C(=O)CC12CC(Cl)(C1)C2. The van der Waals surface area contributed by atoms with Crippen LogP contribution in [0.5, 0.6) is 0 Å². The van der Waals surface area contributed by atoms with E-state index in [0.29, 0.717) is 45.5 Å². The molecule has 1 atom stereocenters. The highest BCUT2D eigenvalue weighted by Crippen LogP contribution is 2.72. The summed E-state index contributed by atoms with van der Waals surface area (Å²) >= 11 is 12.5. The Hall–Kier alpha value is -2.84. The van der Waals surface area contributed by atoms with Gasteiger partial charge in [-0.15, -0.1) is 16.7 Å². The van der Waals surface area contributed by atoms with E-state index in [2.05, 4.69) is 20.3 Å². The van der Waals surface area contributed by atoms with E-state index in [1.165, 1.54) is 4.68 Å². The molecule has 3 aromatic heterocycles. The number of halogens is 2. The average Bonchev–Trinajstić information content (AvgIpc) is 3.11. The maximum Gasteiger partial charge on any atom is 0.312 e. The lowest BCUT2D eigenvalue weighted by atomic mass is 9.42. The summed E-state index contributed by atoms with van der Waals surface area (Å²) in [6.07, 6.45) is 4.23. The minimum Gasteiger partial charge on any atom is -0.457 e. The molecule has 3 saturated carbocycles. The Balaban J connectivity index is 1.30. The van der Waals surface area contributed by atoms with Gasteiger partial charge in [-0.1, -0.05) is 22.9 Å². The van der Waals surface area contributed by atoms with E-state index >= 15 is 0 Å². The van der Waals surface area contributed by atoms with Crippen LogP contribution in [0.15, 0.2) is 30.5 Å². The first-order valence-electron chi connectivity index (χ1n) is 11.5. The van der Waals surface area contributed by atoms with Crippen molar-refractivity contribution in [2.45, 2.75) is 56.9 Å². The van der Waals surface area contributed by atoms with Gasteiger partial charge >= 0.3 is 5.97 Å². The van der Waals surface area contributed by atoms with Crippen LogP contribution in [0.1, 0.15) is 66.0 Å². The summed E-state index contributed by atoms with van der Waals surface area (Å²) in [7, 11) is 1.71. The summed E-state index contributed by atoms with van der Waals surface area (Å²) in [6.45, 7) is 3.55. The molecule has 8 nitrogen and oxygen atoms in total. The normalized spacial score (nSPS) is 23.2. The third-order valence-corrected chi connectivity index (χ3v) is 7.75. The molecular weight excluding hydrogens is 489 g/mol. The number of carbonyl (C=O) groups excluding carboxylic acids is 2. The molecule has 3 aliphatic carbocycles. The van der Waals surface area contributed by atoms with Crippen molar-refractivity contribution in [1.29, 1.82) is 0 Å². The molecule has 0 spiro atoms. The first-order chi connectivity index (χ1) is 16.6. The molecule has 0 N–H and O–H groups in total. The molecule has 2 bridgehead atoms. The fourth-order valence-electron chi connectivity index (χ4n) is 5.39. The molecule has 3 aliphatic rings. The van der Waals surface area contributed by atoms with Crippen molar-refractivity contribution in [2.24, 2.45) is 12.5 Å². The summed E-state index contributed by atoms with van der Waals surface area (Å²) in [5.74, 6) is -0.367. The third-order valence-electron chi connectivity index (χ3n) is 7.03. The number of hydrogen-bond acceptors (Lipinski definition) is 7. The van der Waals surface area contributed by atoms with Crippen LogP contribution in [-0.4, -0.2) is 41.6 Å². The molecule has 35 heavy (non-hydrogen) atoms. The minimum absolute atomic E-state index is 0.0504. The van der Waals surface area contributed by atoms with Crippen molar-refractivity contribution in [2.75, 3.05) is 0 Å². The molecular formula is C25H25Cl2N5O3. The number of pyridine rings is 2. The van der Waals surface area contributed by atoms with Crippen molar-refractivity contribution >= 4 is 35.0 Å². The van der Waals surface area contributed by atoms with Gasteiger partial charge in [0.1, 0.15) is 17.0 Å². The molecule has 6 rings (SSSR count). The predicted molar refractivity (Wildman–Crippen MR) is 130 cm³/mol. The van der Waals surface area contributed by atoms with E-state index in [1.54, 1.807) is 44.4 Å². The van der Waals surface area contributed by atoms with Crippen LogP contribution in [0.25, 0.3) is 11.4 Å². The standard InChI is InChI=1S/C25H25Cl2N5O3/c1-14-16(20(33)10-24-11-25(27,12-24)13-24)6-7-18(29-14)22-19(32(3)31-30-22)9-21(34)35-15(2)17-5-4-8-28-23(17)26/h4-8,15H,9-13H2,1-3H3/t15-,24?,25?/m1/s1. The first-order valence-corrected chi connectivity index (χ1v) is 12.2. The number of ketones is 1. The molecule has 0 amide bonds. The Morgan fingerprint density at radius 3 is 2.63 bits per heavy atom. The van der Waals surface area contributed by atoms with E-state index < -0.39 is 12.1 Å². The Morgan fingerprint density at radius 2 is 1.97 bits per heavy atom. The van der Waals surface area contributed by atoms with E-state index in [0.717, 1.165) is 19.3 Å². The molecule has 3 aromatic rings. The molecule has 0 radical (unpaired) electrons. The zero-order valence-corrected chi connectivity index (χ0v) is 21.2. The Kier molecular flexibility index (Phi) is 5.92. The average molecular weight is 514 g/mol. The lowest BCUT2D eigenvalue weighted by Gasteiger charge is -2.67. The molecule has 182 valence electrons. The lowest BCUT2D eigenvalue weighted by molar-refractivity contribution is -0.147. The second-order valence-electron chi connectivity index (χ2n) is 9.81. The highest BCUT2D eigenvalue weighted by molar-refractivity contribution is 6.30. The van der Waals surface area contributed by atoms with Crippen molar-refractivity contribution < 1.29 is 14.3 Å². The Bertz CT molecular complexity index is 1320. The number of rotatable bonds is 8. The highest BCUT2D eigenvalue weighted by Gasteiger charge is 2.67. The number of alkyl halides is 1. The van der Waals surface area contributed by atoms with E-state index in [-0.39, 0.29) is 22.5 Å². The fourth-order valence-corrected chi connectivity index (χ4v) is 6.51. The molecule has 0 aliphatic heterocycles. The number of ether oxygens (including phenoxy) is 1. The van der Waals surface area contributed by atoms with Crippen LogP contribution in [0.4, 0.5) is 0 Å². The van der Waals surface area contributed by atoms with Crippen molar-refractivity contribution in [3.05, 3.63) is 58.1 Å². The summed E-state index contributed by atoms with van der Waals surface area (Å²) in [4.78, 5) is 34.2. The smallest absolute Gasteiger partial charge is 0.312 e. The Morgan fingerprint density at radius 1 is 1.23 bits per heavy atom. The van der Waals surface area contributed by atoms with Crippen LogP contribution in [0, 0.1) is 12.3 Å². The number of carbonyl (C=O) groups is 2. The predicted octanol–water partition coefficient (Wildman–Crippen LogP) is 4.82. The topological polar surface area (TPSA) is 99.9 Å². The summed E-state index contributed by atoms with van der Waals surface area (Å²) in [5.41, 5.74) is 3.52. The summed E-state index contributed by atoms with van der Waals surface area (Å²) in [5, 5.41) is 8.58. The minimum atomic E-state index is -0.561. The molecule has 10 heteroatoms. The van der Waals surface area contributed by atoms with Crippen LogP contribution in [0.3, 0.4) is 0 Å².